The zero-order chi connectivity index (χ0) is 16.3. The van der Waals surface area contributed by atoms with Crippen LogP contribution >= 0.6 is 0 Å². The molecule has 23 heavy (non-hydrogen) atoms. The van der Waals surface area contributed by atoms with Gasteiger partial charge in [0, 0.05) is 14.2 Å². The number of hydrogen-bond donors (Lipinski definition) is 0. The maximum atomic E-state index is 5.59. The highest BCUT2D eigenvalue weighted by Crippen LogP contribution is 2.15. The molecule has 2 aromatic rings. The average molecular weight is 316 g/mol. The lowest BCUT2D eigenvalue weighted by molar-refractivity contribution is 0.120. The van der Waals surface area contributed by atoms with Crippen molar-refractivity contribution < 1.29 is 18.9 Å². The van der Waals surface area contributed by atoms with Gasteiger partial charge in [-0.15, -0.1) is 0 Å². The van der Waals surface area contributed by atoms with Gasteiger partial charge < -0.3 is 18.9 Å². The van der Waals surface area contributed by atoms with Gasteiger partial charge in [0.15, 0.2) is 0 Å². The van der Waals surface area contributed by atoms with E-state index < -0.39 is 0 Å². The Kier molecular flexibility index (Phi) is 7.43. The van der Waals surface area contributed by atoms with Crippen LogP contribution in [-0.4, -0.2) is 34.2 Å². The Hall–Kier alpha value is -2.04. The Morgan fingerprint density at radius 2 is 1.00 bits per heavy atom. The van der Waals surface area contributed by atoms with E-state index in [0.29, 0.717) is 0 Å². The van der Waals surface area contributed by atoms with E-state index in [4.69, 9.17) is 18.9 Å². The summed E-state index contributed by atoms with van der Waals surface area (Å²) in [4.78, 5) is 0. The average Bonchev–Trinajstić information content (AvgIpc) is 2.60. The standard InChI is InChI=1S/C19H24O4/c1-20-13-11-16-3-7-18(8-4-16)22-15-23-19-9-5-17(6-10-19)12-14-21-2/h3-10H,11-15H2,1-2H3. The molecule has 0 heterocycles. The van der Waals surface area contributed by atoms with Crippen LogP contribution in [-0.2, 0) is 22.3 Å². The minimum absolute atomic E-state index is 0.189. The molecule has 124 valence electrons. The van der Waals surface area contributed by atoms with E-state index in [2.05, 4.69) is 0 Å². The largest absolute Gasteiger partial charge is 0.458 e. The zero-order valence-corrected chi connectivity index (χ0v) is 13.8. The first-order valence-corrected chi connectivity index (χ1v) is 7.73. The Bertz CT molecular complexity index is 497. The summed E-state index contributed by atoms with van der Waals surface area (Å²) in [5.41, 5.74) is 2.46. The van der Waals surface area contributed by atoms with E-state index in [-0.39, 0.29) is 6.79 Å². The summed E-state index contributed by atoms with van der Waals surface area (Å²) in [6, 6.07) is 15.9. The van der Waals surface area contributed by atoms with Gasteiger partial charge >= 0.3 is 0 Å². The van der Waals surface area contributed by atoms with Gasteiger partial charge in [0.05, 0.1) is 13.2 Å². The molecule has 4 heteroatoms. The molecule has 0 saturated carbocycles. The quantitative estimate of drug-likeness (QED) is 0.629. The lowest BCUT2D eigenvalue weighted by Gasteiger charge is -2.10. The second-order valence-electron chi connectivity index (χ2n) is 5.18. The van der Waals surface area contributed by atoms with Crippen molar-refractivity contribution in [3.05, 3.63) is 59.7 Å². The lowest BCUT2D eigenvalue weighted by atomic mass is 10.1. The summed E-state index contributed by atoms with van der Waals surface area (Å²) in [6.45, 7) is 1.64. The third kappa shape index (κ3) is 6.30. The van der Waals surface area contributed by atoms with Crippen LogP contribution in [0.2, 0.25) is 0 Å². The number of methoxy groups -OCH3 is 2. The fraction of sp³-hybridized carbons (Fsp3) is 0.368. The first kappa shape index (κ1) is 17.3. The number of hydrogen-bond acceptors (Lipinski definition) is 4. The second-order valence-corrected chi connectivity index (χ2v) is 5.18. The predicted octanol–water partition coefficient (Wildman–Crippen LogP) is 3.48. The highest BCUT2D eigenvalue weighted by atomic mass is 16.7. The molecule has 0 aromatic heterocycles. The van der Waals surface area contributed by atoms with Crippen molar-refractivity contribution >= 4 is 0 Å². The number of benzene rings is 2. The van der Waals surface area contributed by atoms with Crippen LogP contribution in [0.25, 0.3) is 0 Å². The van der Waals surface area contributed by atoms with Crippen LogP contribution in [0.4, 0.5) is 0 Å². The lowest BCUT2D eigenvalue weighted by Crippen LogP contribution is -2.05. The van der Waals surface area contributed by atoms with Crippen LogP contribution in [0.5, 0.6) is 11.5 Å². The Morgan fingerprint density at radius 1 is 0.609 bits per heavy atom. The third-order valence-electron chi connectivity index (χ3n) is 3.49. The number of rotatable bonds is 10. The molecule has 0 bridgehead atoms. The number of ether oxygens (including phenoxy) is 4. The normalized spacial score (nSPS) is 10.5. The van der Waals surface area contributed by atoms with E-state index in [1.807, 2.05) is 48.5 Å². The van der Waals surface area contributed by atoms with Gasteiger partial charge in [0.1, 0.15) is 11.5 Å². The molecule has 0 N–H and O–H groups in total. The Morgan fingerprint density at radius 3 is 1.35 bits per heavy atom. The predicted molar refractivity (Wildman–Crippen MR) is 90.2 cm³/mol. The summed E-state index contributed by atoms with van der Waals surface area (Å²) < 4.78 is 21.3. The summed E-state index contributed by atoms with van der Waals surface area (Å²) >= 11 is 0. The van der Waals surface area contributed by atoms with Crippen LogP contribution in [0.1, 0.15) is 11.1 Å². The fourth-order valence-electron chi connectivity index (χ4n) is 2.11. The van der Waals surface area contributed by atoms with Crippen molar-refractivity contribution in [2.45, 2.75) is 12.8 Å². The van der Waals surface area contributed by atoms with Crippen LogP contribution < -0.4 is 9.47 Å². The summed E-state index contributed by atoms with van der Waals surface area (Å²) in [7, 11) is 3.41. The molecule has 2 aromatic carbocycles. The molecular formula is C19H24O4. The molecule has 0 unspecified atom stereocenters. The topological polar surface area (TPSA) is 36.9 Å². The molecule has 0 aliphatic rings. The molecule has 2 rings (SSSR count). The molecule has 0 atom stereocenters. The van der Waals surface area contributed by atoms with Gasteiger partial charge in [-0.3, -0.25) is 0 Å². The van der Waals surface area contributed by atoms with Crippen molar-refractivity contribution in [1.29, 1.82) is 0 Å². The first-order valence-electron chi connectivity index (χ1n) is 7.73. The SMILES string of the molecule is COCCc1ccc(OCOc2ccc(CCOC)cc2)cc1. The highest BCUT2D eigenvalue weighted by molar-refractivity contribution is 5.28. The van der Waals surface area contributed by atoms with Gasteiger partial charge in [-0.2, -0.15) is 0 Å². The third-order valence-corrected chi connectivity index (χ3v) is 3.49. The van der Waals surface area contributed by atoms with E-state index in [0.717, 1.165) is 37.6 Å². The van der Waals surface area contributed by atoms with Gasteiger partial charge in [0.2, 0.25) is 6.79 Å². The fourth-order valence-corrected chi connectivity index (χ4v) is 2.11. The zero-order valence-electron chi connectivity index (χ0n) is 13.8. The van der Waals surface area contributed by atoms with Crippen molar-refractivity contribution in [3.63, 3.8) is 0 Å². The van der Waals surface area contributed by atoms with Crippen molar-refractivity contribution in [1.82, 2.24) is 0 Å². The van der Waals surface area contributed by atoms with E-state index in [9.17, 15) is 0 Å². The molecule has 0 radical (unpaired) electrons. The molecule has 0 aliphatic heterocycles. The van der Waals surface area contributed by atoms with E-state index in [1.165, 1.54) is 11.1 Å². The van der Waals surface area contributed by atoms with Gasteiger partial charge in [-0.25, -0.2) is 0 Å². The van der Waals surface area contributed by atoms with Crippen LogP contribution in [0.3, 0.4) is 0 Å². The second kappa shape index (κ2) is 9.87. The Balaban J connectivity index is 1.73. The summed E-state index contributed by atoms with van der Waals surface area (Å²) in [5.74, 6) is 1.59. The summed E-state index contributed by atoms with van der Waals surface area (Å²) in [6.07, 6.45) is 1.81. The molecule has 0 spiro atoms. The minimum Gasteiger partial charge on any atom is -0.458 e. The van der Waals surface area contributed by atoms with Crippen molar-refractivity contribution in [3.8, 4) is 11.5 Å². The monoisotopic (exact) mass is 316 g/mol. The van der Waals surface area contributed by atoms with Crippen LogP contribution in [0.15, 0.2) is 48.5 Å². The first-order chi connectivity index (χ1) is 11.3. The molecular weight excluding hydrogens is 292 g/mol. The minimum atomic E-state index is 0.189. The van der Waals surface area contributed by atoms with Gasteiger partial charge in [0.25, 0.3) is 0 Å². The van der Waals surface area contributed by atoms with Crippen molar-refractivity contribution in [2.24, 2.45) is 0 Å². The smallest absolute Gasteiger partial charge is 0.230 e. The molecule has 0 amide bonds. The molecule has 4 nitrogen and oxygen atoms in total. The Labute approximate surface area is 137 Å². The molecule has 0 aliphatic carbocycles. The molecule has 0 fully saturated rings. The molecule has 0 saturated heterocycles. The highest BCUT2D eigenvalue weighted by Gasteiger charge is 1.98. The maximum Gasteiger partial charge on any atom is 0.230 e. The van der Waals surface area contributed by atoms with E-state index in [1.54, 1.807) is 14.2 Å². The summed E-state index contributed by atoms with van der Waals surface area (Å²) in [5, 5.41) is 0. The maximum absolute atomic E-state index is 5.59. The van der Waals surface area contributed by atoms with Gasteiger partial charge in [-0.1, -0.05) is 24.3 Å². The van der Waals surface area contributed by atoms with Crippen molar-refractivity contribution in [2.75, 3.05) is 34.2 Å². The van der Waals surface area contributed by atoms with E-state index >= 15 is 0 Å². The van der Waals surface area contributed by atoms with Crippen LogP contribution in [0, 0.1) is 0 Å². The van der Waals surface area contributed by atoms with Gasteiger partial charge in [-0.05, 0) is 48.2 Å².